The third-order valence-electron chi connectivity index (χ3n) is 2.84. The average Bonchev–Trinajstić information content (AvgIpc) is 3.04. The van der Waals surface area contributed by atoms with E-state index in [0.717, 1.165) is 11.3 Å². The van der Waals surface area contributed by atoms with Gasteiger partial charge in [0.15, 0.2) is 11.3 Å². The number of hydrogen-bond acceptors (Lipinski definition) is 5. The first-order valence-electron chi connectivity index (χ1n) is 6.20. The zero-order chi connectivity index (χ0) is 14.1. The lowest BCUT2D eigenvalue weighted by Crippen LogP contribution is -2.05. The van der Waals surface area contributed by atoms with Gasteiger partial charge in [0.1, 0.15) is 0 Å². The molecule has 0 saturated heterocycles. The second-order valence-corrected chi connectivity index (χ2v) is 4.25. The van der Waals surface area contributed by atoms with Crippen molar-refractivity contribution < 1.29 is 9.53 Å². The standard InChI is InChI=1S/C13H13N5O2/c1-3-20-13(19)10-6-12-14-5-4-11(18(12)16-10)9-7-15-17(2)8-9/h4-8H,3H2,1-2H3. The Hall–Kier alpha value is -2.70. The van der Waals surface area contributed by atoms with Crippen LogP contribution >= 0.6 is 0 Å². The van der Waals surface area contributed by atoms with Crippen LogP contribution in [0, 0.1) is 0 Å². The number of fused-ring (bicyclic) bond motifs is 1. The third-order valence-corrected chi connectivity index (χ3v) is 2.84. The van der Waals surface area contributed by atoms with Gasteiger partial charge in [-0.1, -0.05) is 0 Å². The number of carbonyl (C=O) groups is 1. The van der Waals surface area contributed by atoms with Crippen LogP contribution < -0.4 is 0 Å². The Morgan fingerprint density at radius 1 is 1.45 bits per heavy atom. The number of esters is 1. The minimum absolute atomic E-state index is 0.246. The highest BCUT2D eigenvalue weighted by molar-refractivity contribution is 5.88. The van der Waals surface area contributed by atoms with Crippen molar-refractivity contribution in [2.24, 2.45) is 7.05 Å². The van der Waals surface area contributed by atoms with Gasteiger partial charge in [-0.05, 0) is 13.0 Å². The molecule has 0 aliphatic carbocycles. The summed E-state index contributed by atoms with van der Waals surface area (Å²) in [5, 5.41) is 8.39. The van der Waals surface area contributed by atoms with Crippen molar-refractivity contribution in [3.05, 3.63) is 36.4 Å². The first kappa shape index (κ1) is 12.3. The smallest absolute Gasteiger partial charge is 0.358 e. The Morgan fingerprint density at radius 3 is 3.00 bits per heavy atom. The van der Waals surface area contributed by atoms with Crippen LogP contribution in [0.15, 0.2) is 30.7 Å². The molecule has 0 aliphatic rings. The van der Waals surface area contributed by atoms with Gasteiger partial charge >= 0.3 is 5.97 Å². The van der Waals surface area contributed by atoms with Gasteiger partial charge in [-0.3, -0.25) is 4.68 Å². The van der Waals surface area contributed by atoms with E-state index in [1.54, 1.807) is 34.6 Å². The summed E-state index contributed by atoms with van der Waals surface area (Å²) in [6.45, 7) is 2.07. The normalized spacial score (nSPS) is 10.9. The summed E-state index contributed by atoms with van der Waals surface area (Å²) in [5.74, 6) is -0.449. The number of ether oxygens (including phenoxy) is 1. The van der Waals surface area contributed by atoms with Crippen molar-refractivity contribution >= 4 is 11.6 Å². The van der Waals surface area contributed by atoms with Crippen LogP contribution in [0.25, 0.3) is 16.9 Å². The van der Waals surface area contributed by atoms with E-state index < -0.39 is 5.97 Å². The summed E-state index contributed by atoms with van der Waals surface area (Å²) < 4.78 is 8.27. The molecule has 0 aliphatic heterocycles. The van der Waals surface area contributed by atoms with Gasteiger partial charge in [0.05, 0.1) is 18.5 Å². The molecular formula is C13H13N5O2. The first-order valence-corrected chi connectivity index (χ1v) is 6.20. The number of carbonyl (C=O) groups excluding carboxylic acids is 1. The molecule has 0 atom stereocenters. The van der Waals surface area contributed by atoms with Gasteiger partial charge in [-0.2, -0.15) is 10.2 Å². The molecule has 0 N–H and O–H groups in total. The molecule has 3 aromatic rings. The molecule has 20 heavy (non-hydrogen) atoms. The fourth-order valence-electron chi connectivity index (χ4n) is 1.97. The van der Waals surface area contributed by atoms with E-state index >= 15 is 0 Å². The van der Waals surface area contributed by atoms with Crippen molar-refractivity contribution in [1.82, 2.24) is 24.4 Å². The lowest BCUT2D eigenvalue weighted by Gasteiger charge is -2.00. The Labute approximate surface area is 114 Å². The molecule has 0 amide bonds. The van der Waals surface area contributed by atoms with Gasteiger partial charge in [-0.25, -0.2) is 14.3 Å². The van der Waals surface area contributed by atoms with E-state index in [-0.39, 0.29) is 5.69 Å². The predicted molar refractivity (Wildman–Crippen MR) is 71.1 cm³/mol. The van der Waals surface area contributed by atoms with E-state index in [2.05, 4.69) is 15.2 Å². The molecule has 0 radical (unpaired) electrons. The minimum atomic E-state index is -0.449. The number of aromatic nitrogens is 5. The van der Waals surface area contributed by atoms with Gasteiger partial charge in [0.25, 0.3) is 0 Å². The zero-order valence-electron chi connectivity index (χ0n) is 11.1. The molecule has 0 saturated carbocycles. The zero-order valence-corrected chi connectivity index (χ0v) is 11.1. The summed E-state index contributed by atoms with van der Waals surface area (Å²) in [6.07, 6.45) is 5.29. The second-order valence-electron chi connectivity index (χ2n) is 4.25. The van der Waals surface area contributed by atoms with Crippen molar-refractivity contribution in [2.75, 3.05) is 6.61 Å². The van der Waals surface area contributed by atoms with Crippen LogP contribution in [-0.4, -0.2) is 37.0 Å². The fraction of sp³-hybridized carbons (Fsp3) is 0.231. The third kappa shape index (κ3) is 2.03. The van der Waals surface area contributed by atoms with Crippen LogP contribution in [0.1, 0.15) is 17.4 Å². The van der Waals surface area contributed by atoms with Crippen LogP contribution in [0.3, 0.4) is 0 Å². The van der Waals surface area contributed by atoms with Crippen LogP contribution in [-0.2, 0) is 11.8 Å². The Bertz CT molecular complexity index is 774. The molecule has 3 rings (SSSR count). The maximum Gasteiger partial charge on any atom is 0.358 e. The monoisotopic (exact) mass is 271 g/mol. The maximum atomic E-state index is 11.7. The van der Waals surface area contributed by atoms with Crippen molar-refractivity contribution in [2.45, 2.75) is 6.92 Å². The van der Waals surface area contributed by atoms with E-state index in [1.165, 1.54) is 0 Å². The number of hydrogen-bond donors (Lipinski definition) is 0. The lowest BCUT2D eigenvalue weighted by molar-refractivity contribution is 0.0519. The number of aryl methyl sites for hydroxylation is 1. The van der Waals surface area contributed by atoms with Crippen LogP contribution in [0.2, 0.25) is 0 Å². The SMILES string of the molecule is CCOC(=O)c1cc2nccc(-c3cnn(C)c3)n2n1. The van der Waals surface area contributed by atoms with Crippen molar-refractivity contribution in [3.63, 3.8) is 0 Å². The Balaban J connectivity index is 2.12. The van der Waals surface area contributed by atoms with E-state index in [0.29, 0.717) is 12.3 Å². The number of rotatable bonds is 3. The molecular weight excluding hydrogens is 258 g/mol. The second kappa shape index (κ2) is 4.76. The molecule has 0 unspecified atom stereocenters. The lowest BCUT2D eigenvalue weighted by atomic mass is 10.2. The molecule has 0 aromatic carbocycles. The van der Waals surface area contributed by atoms with Gasteiger partial charge < -0.3 is 4.74 Å². The van der Waals surface area contributed by atoms with Gasteiger partial charge in [0.2, 0.25) is 0 Å². The average molecular weight is 271 g/mol. The molecule has 0 bridgehead atoms. The molecule has 0 spiro atoms. The fourth-order valence-corrected chi connectivity index (χ4v) is 1.97. The molecule has 3 heterocycles. The maximum absolute atomic E-state index is 11.7. The quantitative estimate of drug-likeness (QED) is 0.671. The topological polar surface area (TPSA) is 74.3 Å². The van der Waals surface area contributed by atoms with E-state index in [9.17, 15) is 4.79 Å². The van der Waals surface area contributed by atoms with Crippen LogP contribution in [0.4, 0.5) is 0 Å². The summed E-state index contributed by atoms with van der Waals surface area (Å²) in [4.78, 5) is 15.9. The molecule has 3 aromatic heterocycles. The molecule has 7 heteroatoms. The Morgan fingerprint density at radius 2 is 2.30 bits per heavy atom. The van der Waals surface area contributed by atoms with Crippen LogP contribution in [0.5, 0.6) is 0 Å². The van der Waals surface area contributed by atoms with Crippen molar-refractivity contribution in [3.8, 4) is 11.3 Å². The highest BCUT2D eigenvalue weighted by atomic mass is 16.5. The number of nitrogens with zero attached hydrogens (tertiary/aromatic N) is 5. The van der Waals surface area contributed by atoms with Gasteiger partial charge in [0, 0.05) is 31.1 Å². The highest BCUT2D eigenvalue weighted by Crippen LogP contribution is 2.19. The van der Waals surface area contributed by atoms with Crippen molar-refractivity contribution in [1.29, 1.82) is 0 Å². The Kier molecular flexibility index (Phi) is 2.94. The summed E-state index contributed by atoms with van der Waals surface area (Å²) in [6, 6.07) is 3.43. The largest absolute Gasteiger partial charge is 0.461 e. The van der Waals surface area contributed by atoms with Gasteiger partial charge in [-0.15, -0.1) is 0 Å². The van der Waals surface area contributed by atoms with E-state index in [1.807, 2.05) is 19.3 Å². The molecule has 7 nitrogen and oxygen atoms in total. The highest BCUT2D eigenvalue weighted by Gasteiger charge is 2.15. The predicted octanol–water partition coefficient (Wildman–Crippen LogP) is 1.31. The minimum Gasteiger partial charge on any atom is -0.461 e. The van der Waals surface area contributed by atoms with E-state index in [4.69, 9.17) is 4.74 Å². The first-order chi connectivity index (χ1) is 9.69. The molecule has 0 fully saturated rings. The summed E-state index contributed by atoms with van der Waals surface area (Å²) in [5.41, 5.74) is 2.56. The summed E-state index contributed by atoms with van der Waals surface area (Å²) in [7, 11) is 1.84. The summed E-state index contributed by atoms with van der Waals surface area (Å²) >= 11 is 0. The molecule has 102 valence electrons.